The van der Waals surface area contributed by atoms with E-state index in [1.165, 1.54) is 25.9 Å². The van der Waals surface area contributed by atoms with Crippen molar-refractivity contribution in [1.29, 1.82) is 0 Å². The van der Waals surface area contributed by atoms with E-state index in [0.717, 1.165) is 26.2 Å². The van der Waals surface area contributed by atoms with Gasteiger partial charge in [-0.05, 0) is 25.9 Å². The zero-order valence-electron chi connectivity index (χ0n) is 17.3. The van der Waals surface area contributed by atoms with Gasteiger partial charge >= 0.3 is 12.1 Å². The Morgan fingerprint density at radius 1 is 1.19 bits per heavy atom. The van der Waals surface area contributed by atoms with E-state index in [1.54, 1.807) is 18.1 Å². The molecule has 4 heterocycles. The van der Waals surface area contributed by atoms with Crippen molar-refractivity contribution in [3.63, 3.8) is 0 Å². The van der Waals surface area contributed by atoms with Crippen LogP contribution in [-0.2, 0) is 16.6 Å². The molecule has 1 N–H and O–H groups in total. The summed E-state index contributed by atoms with van der Waals surface area (Å²) in [4.78, 5) is 32.5. The highest BCUT2D eigenvalue weighted by molar-refractivity contribution is 5.90. The van der Waals surface area contributed by atoms with Crippen LogP contribution in [0.25, 0.3) is 0 Å². The van der Waals surface area contributed by atoms with E-state index < -0.39 is 12.1 Å². The van der Waals surface area contributed by atoms with Crippen molar-refractivity contribution in [3.8, 4) is 0 Å². The molecule has 2 atom stereocenters. The molecule has 3 aliphatic heterocycles. The molecular weight excluding hydrogens is 421 g/mol. The number of aliphatic carboxylic acids is 1. The maximum absolute atomic E-state index is 12.6. The van der Waals surface area contributed by atoms with Gasteiger partial charge in [-0.15, -0.1) is 5.10 Å². The van der Waals surface area contributed by atoms with Gasteiger partial charge < -0.3 is 19.6 Å². The summed E-state index contributed by atoms with van der Waals surface area (Å²) in [7, 11) is 1.77. The average Bonchev–Trinajstić information content (AvgIpc) is 3.46. The highest BCUT2D eigenvalue weighted by atomic mass is 19.4. The number of halogens is 3. The Balaban J connectivity index is 0.000000339. The fourth-order valence-corrected chi connectivity index (χ4v) is 4.06. The molecule has 3 saturated heterocycles. The summed E-state index contributed by atoms with van der Waals surface area (Å²) in [5, 5.41) is 11.3. The number of nitrogens with zero attached hydrogens (tertiary/aromatic N) is 6. The molecule has 0 saturated carbocycles. The van der Waals surface area contributed by atoms with Crippen LogP contribution in [-0.4, -0.2) is 117 Å². The third-order valence-electron chi connectivity index (χ3n) is 5.64. The number of fused-ring (bicyclic) bond motifs is 1. The van der Waals surface area contributed by atoms with Crippen molar-refractivity contribution >= 4 is 11.9 Å². The summed E-state index contributed by atoms with van der Waals surface area (Å²) in [6.45, 7) is 7.71. The minimum absolute atomic E-state index is 0.0897. The van der Waals surface area contributed by atoms with Crippen LogP contribution in [0.5, 0.6) is 0 Å². The zero-order valence-corrected chi connectivity index (χ0v) is 17.3. The first-order valence-electron chi connectivity index (χ1n) is 10.2. The molecule has 3 aliphatic rings. The van der Waals surface area contributed by atoms with Crippen LogP contribution in [0.15, 0.2) is 6.33 Å². The van der Waals surface area contributed by atoms with Crippen LogP contribution in [0.1, 0.15) is 23.5 Å². The lowest BCUT2D eigenvalue weighted by Gasteiger charge is -2.37. The van der Waals surface area contributed by atoms with Gasteiger partial charge in [-0.3, -0.25) is 14.4 Å². The Labute approximate surface area is 177 Å². The fraction of sp³-hybridized carbons (Fsp3) is 0.778. The molecule has 0 aromatic carbocycles. The number of morpholine rings is 1. The first-order valence-corrected chi connectivity index (χ1v) is 10.2. The van der Waals surface area contributed by atoms with Crippen LogP contribution in [0.2, 0.25) is 0 Å². The molecule has 1 amide bonds. The number of carboxylic acid groups (broad SMARTS) is 1. The van der Waals surface area contributed by atoms with E-state index in [-0.39, 0.29) is 17.8 Å². The molecule has 3 fully saturated rings. The predicted molar refractivity (Wildman–Crippen MR) is 101 cm³/mol. The molecule has 0 radical (unpaired) electrons. The van der Waals surface area contributed by atoms with E-state index >= 15 is 0 Å². The minimum atomic E-state index is -5.08. The standard InChI is InChI=1S/C16H26N6O2.C2HF3O2/c1-19-12-17-15(18-19)16(23)22-10-13-14(11-22)24-9-8-21(13)7-6-20-4-2-3-5-20;3-2(4,5)1(6)7/h12-14H,2-11H2,1H3;(H,6,7)/t13-,14+;/m1./s1. The van der Waals surface area contributed by atoms with E-state index in [1.807, 2.05) is 4.90 Å². The lowest BCUT2D eigenvalue weighted by atomic mass is 10.1. The van der Waals surface area contributed by atoms with Crippen molar-refractivity contribution in [2.45, 2.75) is 31.2 Å². The number of hydrogen-bond donors (Lipinski definition) is 1. The molecule has 0 aliphatic carbocycles. The quantitative estimate of drug-likeness (QED) is 0.690. The van der Waals surface area contributed by atoms with Gasteiger partial charge in [0.05, 0.1) is 18.8 Å². The first-order chi connectivity index (χ1) is 14.6. The van der Waals surface area contributed by atoms with Gasteiger partial charge in [0.1, 0.15) is 6.33 Å². The number of aryl methyl sites for hydroxylation is 1. The predicted octanol–water partition coefficient (Wildman–Crippen LogP) is 0.0694. The van der Waals surface area contributed by atoms with Gasteiger partial charge in [0.15, 0.2) is 0 Å². The molecule has 31 heavy (non-hydrogen) atoms. The number of rotatable bonds is 4. The fourth-order valence-electron chi connectivity index (χ4n) is 4.06. The second-order valence-corrected chi connectivity index (χ2v) is 7.82. The molecule has 4 rings (SSSR count). The van der Waals surface area contributed by atoms with Gasteiger partial charge in [0.2, 0.25) is 5.82 Å². The molecule has 10 nitrogen and oxygen atoms in total. The Hall–Kier alpha value is -2.25. The van der Waals surface area contributed by atoms with E-state index in [0.29, 0.717) is 19.1 Å². The maximum Gasteiger partial charge on any atom is 0.490 e. The molecule has 0 spiro atoms. The summed E-state index contributed by atoms with van der Waals surface area (Å²) in [6.07, 6.45) is -0.747. The molecule has 1 aromatic heterocycles. The van der Waals surface area contributed by atoms with Crippen molar-refractivity contribution in [1.82, 2.24) is 29.5 Å². The largest absolute Gasteiger partial charge is 0.490 e. The molecule has 0 bridgehead atoms. The van der Waals surface area contributed by atoms with Crippen molar-refractivity contribution in [2.75, 3.05) is 52.4 Å². The molecule has 13 heteroatoms. The molecule has 174 valence electrons. The highest BCUT2D eigenvalue weighted by Gasteiger charge is 2.42. The van der Waals surface area contributed by atoms with E-state index in [2.05, 4.69) is 19.9 Å². The Kier molecular flexibility index (Phi) is 7.49. The maximum atomic E-state index is 12.6. The highest BCUT2D eigenvalue weighted by Crippen LogP contribution is 2.24. The van der Waals surface area contributed by atoms with Crippen LogP contribution >= 0.6 is 0 Å². The summed E-state index contributed by atoms with van der Waals surface area (Å²) in [5.74, 6) is -2.57. The van der Waals surface area contributed by atoms with Crippen molar-refractivity contribution in [2.24, 2.45) is 7.05 Å². The third-order valence-corrected chi connectivity index (χ3v) is 5.64. The van der Waals surface area contributed by atoms with Crippen LogP contribution < -0.4 is 0 Å². The average molecular weight is 448 g/mol. The topological polar surface area (TPSA) is 104 Å². The van der Waals surface area contributed by atoms with Gasteiger partial charge in [-0.25, -0.2) is 9.78 Å². The second-order valence-electron chi connectivity index (χ2n) is 7.82. The number of carbonyl (C=O) groups is 2. The Bertz CT molecular complexity index is 768. The van der Waals surface area contributed by atoms with E-state index in [9.17, 15) is 18.0 Å². The van der Waals surface area contributed by atoms with E-state index in [4.69, 9.17) is 14.6 Å². The molecule has 0 unspecified atom stereocenters. The number of amides is 1. The summed E-state index contributed by atoms with van der Waals surface area (Å²) >= 11 is 0. The smallest absolute Gasteiger partial charge is 0.475 e. The molecular formula is C18H27F3N6O4. The lowest BCUT2D eigenvalue weighted by molar-refractivity contribution is -0.192. The van der Waals surface area contributed by atoms with Crippen molar-refractivity contribution in [3.05, 3.63) is 12.2 Å². The van der Waals surface area contributed by atoms with Crippen LogP contribution in [0.3, 0.4) is 0 Å². The number of likely N-dealkylation sites (tertiary alicyclic amines) is 2. The molecule has 1 aromatic rings. The summed E-state index contributed by atoms with van der Waals surface area (Å²) in [5.41, 5.74) is 0. The number of hydrogen-bond acceptors (Lipinski definition) is 7. The number of ether oxygens (including phenoxy) is 1. The van der Waals surface area contributed by atoms with Crippen LogP contribution in [0.4, 0.5) is 13.2 Å². The van der Waals surface area contributed by atoms with Crippen molar-refractivity contribution < 1.29 is 32.6 Å². The van der Waals surface area contributed by atoms with Gasteiger partial charge in [-0.2, -0.15) is 13.2 Å². The number of aromatic nitrogens is 3. The Morgan fingerprint density at radius 3 is 2.45 bits per heavy atom. The monoisotopic (exact) mass is 448 g/mol. The van der Waals surface area contributed by atoms with Crippen LogP contribution in [0, 0.1) is 0 Å². The van der Waals surface area contributed by atoms with Gasteiger partial charge in [0, 0.05) is 39.8 Å². The SMILES string of the molecule is Cn1cnc(C(=O)N2C[C@@H]3OCCN(CCN4CCCC4)[C@@H]3C2)n1.O=C(O)C(F)(F)F. The third kappa shape index (κ3) is 6.14. The second kappa shape index (κ2) is 9.92. The minimum Gasteiger partial charge on any atom is -0.475 e. The normalized spacial score (nSPS) is 24.6. The summed E-state index contributed by atoms with van der Waals surface area (Å²) < 4.78 is 39.2. The number of carbonyl (C=O) groups excluding carboxylic acids is 1. The number of alkyl halides is 3. The lowest BCUT2D eigenvalue weighted by Crippen LogP contribution is -2.52. The van der Waals surface area contributed by atoms with Gasteiger partial charge in [0.25, 0.3) is 5.91 Å². The summed E-state index contributed by atoms with van der Waals surface area (Å²) in [6, 6.07) is 0.300. The Morgan fingerprint density at radius 2 is 1.87 bits per heavy atom. The van der Waals surface area contributed by atoms with Gasteiger partial charge in [-0.1, -0.05) is 0 Å². The zero-order chi connectivity index (χ0) is 22.6. The first kappa shape index (κ1) is 23.4. The number of carboxylic acids is 1.